The number of morpholine rings is 1. The van der Waals surface area contributed by atoms with Gasteiger partial charge < -0.3 is 18.8 Å². The highest BCUT2D eigenvalue weighted by Gasteiger charge is 2.26. The second kappa shape index (κ2) is 7.77. The average Bonchev–Trinajstić information content (AvgIpc) is 3.21. The van der Waals surface area contributed by atoms with E-state index in [9.17, 15) is 5.11 Å². The van der Waals surface area contributed by atoms with Crippen molar-refractivity contribution < 1.29 is 14.3 Å². The number of aliphatic hydroxyl groups is 1. The molecule has 2 atom stereocenters. The zero-order valence-corrected chi connectivity index (χ0v) is 13.6. The van der Waals surface area contributed by atoms with Crippen LogP contribution in [0.15, 0.2) is 35.2 Å². The number of ether oxygens (including phenoxy) is 1. The molecular formula is C17H25N3O3. The molecule has 6 nitrogen and oxygen atoms in total. The van der Waals surface area contributed by atoms with Crippen LogP contribution >= 0.6 is 0 Å². The number of nitrogens with zero attached hydrogens (tertiary/aromatic N) is 3. The van der Waals surface area contributed by atoms with E-state index in [1.165, 1.54) is 0 Å². The largest absolute Gasteiger partial charge is 0.467 e. The maximum Gasteiger partial charge on any atom is 0.132 e. The number of imidazole rings is 1. The van der Waals surface area contributed by atoms with Gasteiger partial charge in [-0.25, -0.2) is 4.98 Å². The summed E-state index contributed by atoms with van der Waals surface area (Å²) < 4.78 is 13.1. The number of aliphatic hydroxyl groups excluding tert-OH is 1. The van der Waals surface area contributed by atoms with Crippen LogP contribution in [0.3, 0.4) is 0 Å². The van der Waals surface area contributed by atoms with Crippen molar-refractivity contribution in [3.8, 4) is 0 Å². The van der Waals surface area contributed by atoms with E-state index in [0.717, 1.165) is 38.5 Å². The molecule has 0 amide bonds. The minimum atomic E-state index is -0.574. The molecule has 126 valence electrons. The molecule has 2 aromatic heterocycles. The van der Waals surface area contributed by atoms with Crippen molar-refractivity contribution in [3.63, 3.8) is 0 Å². The first-order valence-corrected chi connectivity index (χ1v) is 8.25. The van der Waals surface area contributed by atoms with E-state index in [1.807, 2.05) is 25.4 Å². The maximum absolute atomic E-state index is 10.3. The van der Waals surface area contributed by atoms with Gasteiger partial charge in [0.1, 0.15) is 17.7 Å². The fourth-order valence-electron chi connectivity index (χ4n) is 3.14. The molecule has 2 unspecified atom stereocenters. The molecule has 0 aliphatic carbocycles. The third-order valence-corrected chi connectivity index (χ3v) is 4.48. The third-order valence-electron chi connectivity index (χ3n) is 4.48. The normalized spacial score (nSPS) is 20.7. The fraction of sp³-hybridized carbons (Fsp3) is 0.588. The zero-order valence-electron chi connectivity index (χ0n) is 13.6. The molecule has 1 saturated heterocycles. The van der Waals surface area contributed by atoms with E-state index in [4.69, 9.17) is 9.15 Å². The van der Waals surface area contributed by atoms with Crippen molar-refractivity contribution >= 4 is 0 Å². The first-order chi connectivity index (χ1) is 11.2. The van der Waals surface area contributed by atoms with Gasteiger partial charge in [0.2, 0.25) is 0 Å². The molecule has 1 fully saturated rings. The summed E-state index contributed by atoms with van der Waals surface area (Å²) in [6, 6.07) is 3.86. The predicted molar refractivity (Wildman–Crippen MR) is 86.0 cm³/mol. The topological polar surface area (TPSA) is 63.7 Å². The van der Waals surface area contributed by atoms with Gasteiger partial charge in [0.25, 0.3) is 0 Å². The Labute approximate surface area is 136 Å². The molecule has 23 heavy (non-hydrogen) atoms. The van der Waals surface area contributed by atoms with Crippen LogP contribution in [-0.4, -0.2) is 51.9 Å². The number of aromatic nitrogens is 2. The lowest BCUT2D eigenvalue weighted by Crippen LogP contribution is -2.46. The molecule has 0 bridgehead atoms. The van der Waals surface area contributed by atoms with Crippen LogP contribution in [0.5, 0.6) is 0 Å². The molecule has 1 aliphatic rings. The quantitative estimate of drug-likeness (QED) is 0.846. The number of hydrogen-bond donors (Lipinski definition) is 1. The summed E-state index contributed by atoms with van der Waals surface area (Å²) >= 11 is 0. The minimum absolute atomic E-state index is 0.229. The Morgan fingerprint density at radius 1 is 1.43 bits per heavy atom. The molecule has 1 N–H and O–H groups in total. The predicted octanol–water partition coefficient (Wildman–Crippen LogP) is 2.00. The van der Waals surface area contributed by atoms with E-state index in [0.29, 0.717) is 18.8 Å². The molecule has 3 heterocycles. The first-order valence-electron chi connectivity index (χ1n) is 8.25. The van der Waals surface area contributed by atoms with E-state index in [1.54, 1.807) is 12.3 Å². The van der Waals surface area contributed by atoms with Crippen molar-refractivity contribution in [2.45, 2.75) is 38.5 Å². The van der Waals surface area contributed by atoms with E-state index >= 15 is 0 Å². The highest BCUT2D eigenvalue weighted by Crippen LogP contribution is 2.23. The van der Waals surface area contributed by atoms with Gasteiger partial charge in [-0.2, -0.15) is 0 Å². The van der Waals surface area contributed by atoms with E-state index < -0.39 is 6.10 Å². The Hall–Kier alpha value is -1.63. The van der Waals surface area contributed by atoms with E-state index in [2.05, 4.69) is 14.5 Å². The monoisotopic (exact) mass is 319 g/mol. The lowest BCUT2D eigenvalue weighted by Gasteiger charge is -2.36. The summed E-state index contributed by atoms with van der Waals surface area (Å²) in [6.07, 6.45) is 6.58. The second-order valence-electron chi connectivity index (χ2n) is 6.05. The smallest absolute Gasteiger partial charge is 0.132 e. The van der Waals surface area contributed by atoms with Gasteiger partial charge in [0, 0.05) is 38.1 Å². The lowest BCUT2D eigenvalue weighted by molar-refractivity contribution is -0.0291. The molecule has 1 aliphatic heterocycles. The van der Waals surface area contributed by atoms with Gasteiger partial charge in [-0.15, -0.1) is 0 Å². The summed E-state index contributed by atoms with van der Waals surface area (Å²) in [7, 11) is 0. The molecule has 3 rings (SSSR count). The lowest BCUT2D eigenvalue weighted by atomic mass is 10.1. The molecule has 0 radical (unpaired) electrons. The number of aryl methyl sites for hydroxylation is 2. The molecule has 0 spiro atoms. The Morgan fingerprint density at radius 3 is 3.09 bits per heavy atom. The number of rotatable bonds is 7. The van der Waals surface area contributed by atoms with Gasteiger partial charge in [-0.3, -0.25) is 4.90 Å². The Kier molecular flexibility index (Phi) is 5.48. The summed E-state index contributed by atoms with van der Waals surface area (Å²) in [5.41, 5.74) is 0. The van der Waals surface area contributed by atoms with Gasteiger partial charge >= 0.3 is 0 Å². The standard InChI is InChI=1S/C17H25N3O3/c1-14-18-5-8-19(14)6-3-7-20-9-11-22-13-15(20)12-16(21)17-4-2-10-23-17/h2,4-5,8,10,15-16,21H,3,6-7,9,11-13H2,1H3. The number of furan rings is 1. The molecule has 0 saturated carbocycles. The van der Waals surface area contributed by atoms with Crippen LogP contribution in [0, 0.1) is 6.92 Å². The minimum Gasteiger partial charge on any atom is -0.467 e. The Bertz CT molecular complexity index is 582. The van der Waals surface area contributed by atoms with Crippen molar-refractivity contribution in [1.29, 1.82) is 0 Å². The van der Waals surface area contributed by atoms with Gasteiger partial charge in [0.15, 0.2) is 0 Å². The summed E-state index contributed by atoms with van der Waals surface area (Å²) in [5, 5.41) is 10.3. The second-order valence-corrected chi connectivity index (χ2v) is 6.05. The van der Waals surface area contributed by atoms with Gasteiger partial charge in [0.05, 0.1) is 19.5 Å². The SMILES string of the molecule is Cc1nccn1CCCN1CCOCC1CC(O)c1ccco1. The maximum atomic E-state index is 10.3. The molecule has 2 aromatic rings. The zero-order chi connectivity index (χ0) is 16.1. The molecule has 0 aromatic carbocycles. The first kappa shape index (κ1) is 16.2. The van der Waals surface area contributed by atoms with Crippen molar-refractivity contribution in [3.05, 3.63) is 42.4 Å². The van der Waals surface area contributed by atoms with Crippen molar-refractivity contribution in [1.82, 2.24) is 14.5 Å². The van der Waals surface area contributed by atoms with Gasteiger partial charge in [-0.1, -0.05) is 0 Å². The number of hydrogen-bond acceptors (Lipinski definition) is 5. The van der Waals surface area contributed by atoms with Crippen LogP contribution in [-0.2, 0) is 11.3 Å². The van der Waals surface area contributed by atoms with E-state index in [-0.39, 0.29) is 6.04 Å². The Balaban J connectivity index is 1.51. The fourth-order valence-corrected chi connectivity index (χ4v) is 3.14. The van der Waals surface area contributed by atoms with Crippen LogP contribution in [0.25, 0.3) is 0 Å². The highest BCUT2D eigenvalue weighted by molar-refractivity contribution is 5.02. The van der Waals surface area contributed by atoms with Crippen LogP contribution < -0.4 is 0 Å². The summed E-state index contributed by atoms with van der Waals surface area (Å²) in [6.45, 7) is 6.34. The Morgan fingerprint density at radius 2 is 2.35 bits per heavy atom. The van der Waals surface area contributed by atoms with Crippen LogP contribution in [0.4, 0.5) is 0 Å². The molecular weight excluding hydrogens is 294 g/mol. The molecule has 6 heteroatoms. The van der Waals surface area contributed by atoms with Crippen molar-refractivity contribution in [2.75, 3.05) is 26.3 Å². The van der Waals surface area contributed by atoms with Crippen molar-refractivity contribution in [2.24, 2.45) is 0 Å². The van der Waals surface area contributed by atoms with Crippen LogP contribution in [0.2, 0.25) is 0 Å². The summed E-state index contributed by atoms with van der Waals surface area (Å²) in [5.74, 6) is 1.68. The summed E-state index contributed by atoms with van der Waals surface area (Å²) in [4.78, 5) is 6.67. The average molecular weight is 319 g/mol. The third kappa shape index (κ3) is 4.22. The van der Waals surface area contributed by atoms with Gasteiger partial charge in [-0.05, 0) is 31.9 Å². The van der Waals surface area contributed by atoms with Crippen LogP contribution in [0.1, 0.15) is 30.5 Å². The highest BCUT2D eigenvalue weighted by atomic mass is 16.5.